The van der Waals surface area contributed by atoms with Gasteiger partial charge in [-0.05, 0) is 50.9 Å². The number of rotatable bonds is 9. The van der Waals surface area contributed by atoms with E-state index in [1.165, 1.54) is 0 Å². The summed E-state index contributed by atoms with van der Waals surface area (Å²) in [6.07, 6.45) is 1.72. The minimum absolute atomic E-state index is 0.0919. The summed E-state index contributed by atoms with van der Waals surface area (Å²) in [5.74, 6) is -0.0627. The molecule has 3 aliphatic rings. The molecule has 3 fully saturated rings. The van der Waals surface area contributed by atoms with Crippen LogP contribution in [-0.2, 0) is 19.6 Å². The second-order valence-corrected chi connectivity index (χ2v) is 12.6. The fourth-order valence-corrected chi connectivity index (χ4v) is 6.63. The molecule has 208 valence electrons. The number of nitriles is 1. The SMILES string of the molecule is CCS(=O)(=O)N1CCN(CCCCNC(=O)C2CNCC3C(=O)N(c4ccc(C#N)c(Cl)c4C)CN23)CC1. The highest BCUT2D eigenvalue weighted by Gasteiger charge is 2.47. The van der Waals surface area contributed by atoms with Gasteiger partial charge in [0.05, 0.1) is 23.0 Å². The molecule has 3 saturated heterocycles. The Hall–Kier alpha value is -2.27. The van der Waals surface area contributed by atoms with Crippen LogP contribution in [0.25, 0.3) is 0 Å². The molecular weight excluding hydrogens is 530 g/mol. The van der Waals surface area contributed by atoms with E-state index in [1.807, 2.05) is 4.90 Å². The standard InChI is InChI=1S/C25H36ClN7O4S/c1-3-38(36,37)31-12-10-30(11-13-31)9-5-4-8-29-24(34)21-15-28-16-22-25(35)33(17-32(21)22)20-7-6-19(14-27)23(26)18(20)2/h6-7,21-22,28H,3-5,8-13,15-17H2,1-2H3,(H,29,34). The Morgan fingerprint density at radius 1 is 1.21 bits per heavy atom. The number of unbranched alkanes of at least 4 members (excludes halogenated alkanes) is 1. The Labute approximate surface area is 229 Å². The lowest BCUT2D eigenvalue weighted by atomic mass is 10.1. The summed E-state index contributed by atoms with van der Waals surface area (Å²) < 4.78 is 25.6. The number of nitrogens with one attached hydrogen (secondary N) is 2. The van der Waals surface area contributed by atoms with Gasteiger partial charge in [-0.25, -0.2) is 8.42 Å². The highest BCUT2D eigenvalue weighted by atomic mass is 35.5. The highest BCUT2D eigenvalue weighted by Crippen LogP contribution is 2.33. The van der Waals surface area contributed by atoms with Crippen molar-refractivity contribution in [2.45, 2.75) is 38.8 Å². The van der Waals surface area contributed by atoms with Crippen LogP contribution >= 0.6 is 11.6 Å². The molecular formula is C25H36ClN7O4S. The van der Waals surface area contributed by atoms with Crippen molar-refractivity contribution in [3.63, 3.8) is 0 Å². The van der Waals surface area contributed by atoms with Crippen LogP contribution in [0.2, 0.25) is 5.02 Å². The predicted octanol–water partition coefficient (Wildman–Crippen LogP) is 0.330. The normalized spacial score (nSPS) is 23.3. The Kier molecular flexibility index (Phi) is 9.28. The summed E-state index contributed by atoms with van der Waals surface area (Å²) in [4.78, 5) is 32.1. The number of amides is 2. The second-order valence-electron chi connectivity index (χ2n) is 9.93. The lowest BCUT2D eigenvalue weighted by Gasteiger charge is -2.35. The topological polar surface area (TPSA) is 129 Å². The van der Waals surface area contributed by atoms with Gasteiger partial charge in [-0.1, -0.05) is 11.6 Å². The first-order valence-corrected chi connectivity index (χ1v) is 15.1. The Morgan fingerprint density at radius 3 is 2.63 bits per heavy atom. The van der Waals surface area contributed by atoms with Gasteiger partial charge in [-0.2, -0.15) is 9.57 Å². The van der Waals surface area contributed by atoms with Gasteiger partial charge in [0.2, 0.25) is 21.8 Å². The van der Waals surface area contributed by atoms with Crippen molar-refractivity contribution in [3.8, 4) is 6.07 Å². The van der Waals surface area contributed by atoms with Gasteiger partial charge in [-0.15, -0.1) is 0 Å². The van der Waals surface area contributed by atoms with E-state index in [1.54, 1.807) is 35.2 Å². The first kappa shape index (κ1) is 28.7. The third-order valence-electron chi connectivity index (χ3n) is 7.69. The zero-order valence-corrected chi connectivity index (χ0v) is 23.5. The summed E-state index contributed by atoms with van der Waals surface area (Å²) >= 11 is 6.34. The number of benzene rings is 1. The molecule has 1 aromatic carbocycles. The fraction of sp³-hybridized carbons (Fsp3) is 0.640. The molecule has 13 heteroatoms. The monoisotopic (exact) mass is 565 g/mol. The number of carbonyl (C=O) groups is 2. The molecule has 1 aromatic rings. The largest absolute Gasteiger partial charge is 0.355 e. The molecule has 3 heterocycles. The summed E-state index contributed by atoms with van der Waals surface area (Å²) in [6, 6.07) is 4.50. The summed E-state index contributed by atoms with van der Waals surface area (Å²) in [7, 11) is -3.12. The maximum absolute atomic E-state index is 13.2. The average Bonchev–Trinajstić information content (AvgIpc) is 3.26. The quantitative estimate of drug-likeness (QED) is 0.410. The van der Waals surface area contributed by atoms with E-state index in [0.29, 0.717) is 54.6 Å². The molecule has 2 amide bonds. The van der Waals surface area contributed by atoms with E-state index in [4.69, 9.17) is 11.6 Å². The van der Waals surface area contributed by atoms with Crippen molar-refractivity contribution in [2.24, 2.45) is 0 Å². The van der Waals surface area contributed by atoms with Crippen LogP contribution in [0.1, 0.15) is 30.9 Å². The van der Waals surface area contributed by atoms with Crippen LogP contribution < -0.4 is 15.5 Å². The van der Waals surface area contributed by atoms with E-state index in [2.05, 4.69) is 21.6 Å². The maximum Gasteiger partial charge on any atom is 0.246 e. The molecule has 0 spiro atoms. The van der Waals surface area contributed by atoms with E-state index >= 15 is 0 Å². The zero-order chi connectivity index (χ0) is 27.4. The van der Waals surface area contributed by atoms with Gasteiger partial charge in [0, 0.05) is 51.5 Å². The minimum atomic E-state index is -3.12. The van der Waals surface area contributed by atoms with Crippen molar-refractivity contribution in [1.29, 1.82) is 5.26 Å². The third kappa shape index (κ3) is 5.98. The van der Waals surface area contributed by atoms with Crippen molar-refractivity contribution < 1.29 is 18.0 Å². The first-order valence-electron chi connectivity index (χ1n) is 13.1. The molecule has 0 saturated carbocycles. The average molecular weight is 566 g/mol. The second kappa shape index (κ2) is 12.3. The predicted molar refractivity (Wildman–Crippen MR) is 145 cm³/mol. The van der Waals surface area contributed by atoms with Crippen LogP contribution in [0.5, 0.6) is 0 Å². The molecule has 2 atom stereocenters. The number of fused-ring (bicyclic) bond motifs is 1. The van der Waals surface area contributed by atoms with Crippen molar-refractivity contribution in [3.05, 3.63) is 28.3 Å². The van der Waals surface area contributed by atoms with Gasteiger partial charge in [0.15, 0.2) is 0 Å². The first-order chi connectivity index (χ1) is 18.2. The van der Waals surface area contributed by atoms with E-state index in [9.17, 15) is 23.3 Å². The van der Waals surface area contributed by atoms with Gasteiger partial charge in [-0.3, -0.25) is 19.4 Å². The van der Waals surface area contributed by atoms with E-state index in [0.717, 1.165) is 32.5 Å². The van der Waals surface area contributed by atoms with E-state index < -0.39 is 22.1 Å². The number of sulfonamides is 1. The number of nitrogens with zero attached hydrogens (tertiary/aromatic N) is 5. The van der Waals surface area contributed by atoms with Gasteiger partial charge in [0.1, 0.15) is 18.2 Å². The molecule has 2 unspecified atom stereocenters. The molecule has 38 heavy (non-hydrogen) atoms. The van der Waals surface area contributed by atoms with Crippen molar-refractivity contribution >= 4 is 39.1 Å². The lowest BCUT2D eigenvalue weighted by Crippen LogP contribution is -2.61. The molecule has 4 rings (SSSR count). The van der Waals surface area contributed by atoms with E-state index in [-0.39, 0.29) is 24.2 Å². The van der Waals surface area contributed by atoms with Crippen LogP contribution in [0, 0.1) is 18.3 Å². The molecule has 2 N–H and O–H groups in total. The van der Waals surface area contributed by atoms with Crippen molar-refractivity contribution in [1.82, 2.24) is 24.7 Å². The maximum atomic E-state index is 13.2. The molecule has 0 aliphatic carbocycles. The lowest BCUT2D eigenvalue weighted by molar-refractivity contribution is -0.129. The molecule has 0 aromatic heterocycles. The van der Waals surface area contributed by atoms with Crippen LogP contribution in [0.3, 0.4) is 0 Å². The zero-order valence-electron chi connectivity index (χ0n) is 21.9. The van der Waals surface area contributed by atoms with Gasteiger partial charge >= 0.3 is 0 Å². The van der Waals surface area contributed by atoms with Gasteiger partial charge < -0.3 is 15.5 Å². The number of halogens is 1. The number of hydrogen-bond acceptors (Lipinski definition) is 8. The van der Waals surface area contributed by atoms with Gasteiger partial charge in [0.25, 0.3) is 0 Å². The van der Waals surface area contributed by atoms with Crippen molar-refractivity contribution in [2.75, 3.05) is 69.7 Å². The van der Waals surface area contributed by atoms with Crippen LogP contribution in [0.4, 0.5) is 5.69 Å². The minimum Gasteiger partial charge on any atom is -0.355 e. The van der Waals surface area contributed by atoms with Crippen LogP contribution in [0.15, 0.2) is 12.1 Å². The Balaban J connectivity index is 1.25. The third-order valence-corrected chi connectivity index (χ3v) is 10.1. The highest BCUT2D eigenvalue weighted by molar-refractivity contribution is 7.89. The molecule has 0 bridgehead atoms. The summed E-state index contributed by atoms with van der Waals surface area (Å²) in [6.45, 7) is 8.59. The Morgan fingerprint density at radius 2 is 1.95 bits per heavy atom. The summed E-state index contributed by atoms with van der Waals surface area (Å²) in [5.41, 5.74) is 1.69. The number of piperazine rings is 2. The number of hydrogen-bond donors (Lipinski definition) is 2. The number of carbonyl (C=O) groups excluding carboxylic acids is 2. The molecule has 11 nitrogen and oxygen atoms in total. The Bertz CT molecular complexity index is 1200. The molecule has 0 radical (unpaired) electrons. The fourth-order valence-electron chi connectivity index (χ4n) is 5.34. The summed E-state index contributed by atoms with van der Waals surface area (Å²) in [5, 5.41) is 15.8. The number of anilines is 1. The van der Waals surface area contributed by atoms with Crippen LogP contribution in [-0.4, -0.2) is 111 Å². The molecule has 3 aliphatic heterocycles. The smallest absolute Gasteiger partial charge is 0.246 e.